The molecule has 0 spiro atoms. The fourth-order valence-electron chi connectivity index (χ4n) is 2.68. The third-order valence-corrected chi connectivity index (χ3v) is 3.86. The third kappa shape index (κ3) is 4.38. The number of ether oxygens (including phenoxy) is 1. The van der Waals surface area contributed by atoms with Crippen LogP contribution in [-0.2, 0) is 11.3 Å². The molecule has 1 unspecified atom stereocenters. The van der Waals surface area contributed by atoms with Gasteiger partial charge >= 0.3 is 0 Å². The van der Waals surface area contributed by atoms with Gasteiger partial charge in [-0.2, -0.15) is 0 Å². The van der Waals surface area contributed by atoms with Crippen molar-refractivity contribution in [3.8, 4) is 0 Å². The average molecular weight is 331 g/mol. The number of hydrogen-bond acceptors (Lipinski definition) is 6. The Labute approximate surface area is 139 Å². The number of nitrogens with one attached hydrogen (secondary N) is 2. The lowest BCUT2D eigenvalue weighted by molar-refractivity contribution is -0.0346. The number of rotatable bonds is 5. The molecule has 24 heavy (non-hydrogen) atoms. The highest BCUT2D eigenvalue weighted by Crippen LogP contribution is 2.14. The quantitative estimate of drug-likeness (QED) is 0.701. The Morgan fingerprint density at radius 2 is 2.42 bits per heavy atom. The van der Waals surface area contributed by atoms with Gasteiger partial charge in [0.25, 0.3) is 5.91 Å². The SMILES string of the molecule is O=C(NCC1(O)COCCN(Cc2cnc[nH]2)C1)c1ccccn1. The first-order chi connectivity index (χ1) is 11.6. The minimum absolute atomic E-state index is 0.0991. The second kappa shape index (κ2) is 7.52. The van der Waals surface area contributed by atoms with Gasteiger partial charge in [-0.05, 0) is 12.1 Å². The van der Waals surface area contributed by atoms with E-state index < -0.39 is 5.60 Å². The molecule has 0 aliphatic carbocycles. The van der Waals surface area contributed by atoms with Crippen molar-refractivity contribution in [2.24, 2.45) is 0 Å². The number of carbonyl (C=O) groups is 1. The summed E-state index contributed by atoms with van der Waals surface area (Å²) in [5, 5.41) is 13.6. The van der Waals surface area contributed by atoms with Crippen molar-refractivity contribution in [1.29, 1.82) is 0 Å². The summed E-state index contributed by atoms with van der Waals surface area (Å²) in [6.07, 6.45) is 4.95. The Morgan fingerprint density at radius 3 is 3.17 bits per heavy atom. The van der Waals surface area contributed by atoms with Gasteiger partial charge in [-0.1, -0.05) is 6.07 Å². The fourth-order valence-corrected chi connectivity index (χ4v) is 2.68. The molecule has 1 fully saturated rings. The molecule has 0 saturated carbocycles. The largest absolute Gasteiger partial charge is 0.384 e. The highest BCUT2D eigenvalue weighted by atomic mass is 16.5. The van der Waals surface area contributed by atoms with E-state index in [4.69, 9.17) is 4.74 Å². The fraction of sp³-hybridized carbons (Fsp3) is 0.438. The van der Waals surface area contributed by atoms with Gasteiger partial charge in [0.15, 0.2) is 0 Å². The Kier molecular flexibility index (Phi) is 5.19. The number of β-amino-alcohol motifs (C(OH)–C–C–N with tert-alkyl or cyclic N) is 1. The zero-order chi connectivity index (χ0) is 16.8. The van der Waals surface area contributed by atoms with Crippen molar-refractivity contribution in [2.75, 3.05) is 32.8 Å². The molecule has 1 atom stereocenters. The molecule has 1 saturated heterocycles. The molecule has 1 amide bonds. The summed E-state index contributed by atoms with van der Waals surface area (Å²) in [5.41, 5.74) is 0.141. The number of H-pyrrole nitrogens is 1. The van der Waals surface area contributed by atoms with Crippen LogP contribution in [-0.4, -0.2) is 69.3 Å². The van der Waals surface area contributed by atoms with E-state index in [9.17, 15) is 9.90 Å². The van der Waals surface area contributed by atoms with Gasteiger partial charge in [-0.25, -0.2) is 4.98 Å². The molecule has 8 nitrogen and oxygen atoms in total. The van der Waals surface area contributed by atoms with Crippen molar-refractivity contribution in [3.05, 3.63) is 48.3 Å². The zero-order valence-electron chi connectivity index (χ0n) is 13.3. The first kappa shape index (κ1) is 16.6. The van der Waals surface area contributed by atoms with E-state index in [-0.39, 0.29) is 19.1 Å². The minimum Gasteiger partial charge on any atom is -0.384 e. The molecule has 3 rings (SSSR count). The number of aliphatic hydroxyl groups is 1. The van der Waals surface area contributed by atoms with Crippen molar-refractivity contribution in [2.45, 2.75) is 12.1 Å². The zero-order valence-corrected chi connectivity index (χ0v) is 13.3. The van der Waals surface area contributed by atoms with Gasteiger partial charge in [-0.3, -0.25) is 14.7 Å². The van der Waals surface area contributed by atoms with Crippen LogP contribution in [0, 0.1) is 0 Å². The van der Waals surface area contributed by atoms with Gasteiger partial charge in [0.05, 0.1) is 26.1 Å². The number of carbonyl (C=O) groups excluding carboxylic acids is 1. The maximum Gasteiger partial charge on any atom is 0.269 e. The summed E-state index contributed by atoms with van der Waals surface area (Å²) in [7, 11) is 0. The molecule has 1 aliphatic rings. The van der Waals surface area contributed by atoms with E-state index in [1.807, 2.05) is 0 Å². The predicted molar refractivity (Wildman–Crippen MR) is 86.2 cm³/mol. The van der Waals surface area contributed by atoms with Gasteiger partial charge in [-0.15, -0.1) is 0 Å². The standard InChI is InChI=1S/C16H21N5O3/c22-15(14-3-1-2-4-18-14)19-9-16(23)10-21(5-6-24-11-16)8-13-7-17-12-20-13/h1-4,7,12,23H,5-6,8-11H2,(H,17,20)(H,19,22). The normalized spacial score (nSPS) is 22.0. The van der Waals surface area contributed by atoms with Crippen LogP contribution in [0.3, 0.4) is 0 Å². The molecule has 0 bridgehead atoms. The summed E-state index contributed by atoms with van der Waals surface area (Å²) in [4.78, 5) is 25.2. The monoisotopic (exact) mass is 331 g/mol. The summed E-state index contributed by atoms with van der Waals surface area (Å²) in [5.74, 6) is -0.312. The van der Waals surface area contributed by atoms with Crippen LogP contribution in [0.25, 0.3) is 0 Å². The molecule has 2 aromatic heterocycles. The van der Waals surface area contributed by atoms with Gasteiger partial charge in [0, 0.05) is 37.7 Å². The Hall–Kier alpha value is -2.29. The number of aromatic nitrogens is 3. The van der Waals surface area contributed by atoms with E-state index in [0.717, 1.165) is 5.69 Å². The Balaban J connectivity index is 1.59. The molecule has 3 N–H and O–H groups in total. The first-order valence-corrected chi connectivity index (χ1v) is 7.84. The van der Waals surface area contributed by atoms with E-state index in [1.54, 1.807) is 36.9 Å². The van der Waals surface area contributed by atoms with Crippen molar-refractivity contribution < 1.29 is 14.6 Å². The number of aromatic amines is 1. The maximum absolute atomic E-state index is 12.1. The van der Waals surface area contributed by atoms with Gasteiger partial charge in [0.1, 0.15) is 11.3 Å². The van der Waals surface area contributed by atoms with Crippen molar-refractivity contribution in [1.82, 2.24) is 25.2 Å². The summed E-state index contributed by atoms with van der Waals surface area (Å²) in [6.45, 7) is 2.55. The molecular weight excluding hydrogens is 310 g/mol. The second-order valence-electron chi connectivity index (χ2n) is 5.96. The van der Waals surface area contributed by atoms with Crippen LogP contribution in [0.5, 0.6) is 0 Å². The topological polar surface area (TPSA) is 103 Å². The third-order valence-electron chi connectivity index (χ3n) is 3.86. The smallest absolute Gasteiger partial charge is 0.269 e. The number of amides is 1. The van der Waals surface area contributed by atoms with Crippen LogP contribution < -0.4 is 5.32 Å². The predicted octanol–water partition coefficient (Wildman–Crippen LogP) is -0.202. The highest BCUT2D eigenvalue weighted by Gasteiger charge is 2.33. The molecule has 8 heteroatoms. The average Bonchev–Trinajstić information content (AvgIpc) is 3.03. The molecule has 128 valence electrons. The highest BCUT2D eigenvalue weighted by molar-refractivity contribution is 5.92. The van der Waals surface area contributed by atoms with E-state index in [0.29, 0.717) is 31.9 Å². The summed E-state index contributed by atoms with van der Waals surface area (Å²) >= 11 is 0. The summed E-state index contributed by atoms with van der Waals surface area (Å²) in [6, 6.07) is 5.13. The van der Waals surface area contributed by atoms with E-state index in [1.165, 1.54) is 0 Å². The lowest BCUT2D eigenvalue weighted by Crippen LogP contribution is -2.52. The molecule has 1 aliphatic heterocycles. The molecule has 3 heterocycles. The second-order valence-corrected chi connectivity index (χ2v) is 5.96. The molecule has 0 aromatic carbocycles. The number of pyridine rings is 1. The minimum atomic E-state index is -1.15. The first-order valence-electron chi connectivity index (χ1n) is 7.84. The lowest BCUT2D eigenvalue weighted by atomic mass is 10.0. The van der Waals surface area contributed by atoms with Crippen LogP contribution in [0.1, 0.15) is 16.2 Å². The van der Waals surface area contributed by atoms with Crippen LogP contribution in [0.2, 0.25) is 0 Å². The van der Waals surface area contributed by atoms with Crippen LogP contribution >= 0.6 is 0 Å². The van der Waals surface area contributed by atoms with Crippen LogP contribution in [0.4, 0.5) is 0 Å². The van der Waals surface area contributed by atoms with Crippen molar-refractivity contribution >= 4 is 5.91 Å². The molecule has 0 radical (unpaired) electrons. The maximum atomic E-state index is 12.1. The summed E-state index contributed by atoms with van der Waals surface area (Å²) < 4.78 is 5.51. The van der Waals surface area contributed by atoms with E-state index in [2.05, 4.69) is 25.2 Å². The van der Waals surface area contributed by atoms with Gasteiger partial charge < -0.3 is 20.1 Å². The van der Waals surface area contributed by atoms with Gasteiger partial charge in [0.2, 0.25) is 0 Å². The number of imidazole rings is 1. The van der Waals surface area contributed by atoms with Crippen LogP contribution in [0.15, 0.2) is 36.9 Å². The lowest BCUT2D eigenvalue weighted by Gasteiger charge is -2.30. The van der Waals surface area contributed by atoms with Crippen molar-refractivity contribution in [3.63, 3.8) is 0 Å². The van der Waals surface area contributed by atoms with E-state index >= 15 is 0 Å². The number of nitrogens with zero attached hydrogens (tertiary/aromatic N) is 3. The Bertz CT molecular complexity index is 649. The number of hydrogen-bond donors (Lipinski definition) is 3. The molecule has 2 aromatic rings. The molecular formula is C16H21N5O3. The Morgan fingerprint density at radius 1 is 1.50 bits per heavy atom.